The summed E-state index contributed by atoms with van der Waals surface area (Å²) in [6, 6.07) is 8.06. The average Bonchev–Trinajstić information content (AvgIpc) is 2.73. The van der Waals surface area contributed by atoms with Gasteiger partial charge in [0.25, 0.3) is 0 Å². The van der Waals surface area contributed by atoms with E-state index in [2.05, 4.69) is 27.0 Å². The molecular weight excluding hydrogens is 336 g/mol. The summed E-state index contributed by atoms with van der Waals surface area (Å²) in [7, 11) is 1.95. The Morgan fingerprint density at radius 2 is 2.17 bits per heavy atom. The van der Waals surface area contributed by atoms with Gasteiger partial charge in [-0.1, -0.05) is 57.1 Å². The van der Waals surface area contributed by atoms with E-state index in [1.54, 1.807) is 0 Å². The Hall–Kier alpha value is -0.620. The van der Waals surface area contributed by atoms with Crippen molar-refractivity contribution in [1.29, 1.82) is 0 Å². The fraction of sp³-hybridized carbons (Fsp3) is 0.250. The van der Waals surface area contributed by atoms with Gasteiger partial charge in [0, 0.05) is 18.1 Å². The monoisotopic (exact) mass is 346 g/mol. The standard InChI is InChI=1S/C12H12BrClN2OS/c1-16(6-8-4-2-3-5-9(8)13)12-15-11(14)10(7-17)18-12/h2-5,17H,6-7H2,1H3. The number of thiazole rings is 1. The summed E-state index contributed by atoms with van der Waals surface area (Å²) in [5.74, 6) is 0. The molecule has 96 valence electrons. The Bertz CT molecular complexity index is 547. The van der Waals surface area contributed by atoms with Crippen molar-refractivity contribution >= 4 is 44.0 Å². The van der Waals surface area contributed by atoms with Gasteiger partial charge in [-0.05, 0) is 11.6 Å². The molecule has 0 aliphatic rings. The molecule has 0 aliphatic heterocycles. The van der Waals surface area contributed by atoms with Crippen molar-refractivity contribution in [3.05, 3.63) is 44.3 Å². The summed E-state index contributed by atoms with van der Waals surface area (Å²) in [4.78, 5) is 6.95. The highest BCUT2D eigenvalue weighted by molar-refractivity contribution is 9.10. The first-order chi connectivity index (χ1) is 8.61. The zero-order chi connectivity index (χ0) is 13.1. The lowest BCUT2D eigenvalue weighted by Crippen LogP contribution is -2.16. The normalized spacial score (nSPS) is 10.7. The number of hydrogen-bond donors (Lipinski definition) is 1. The molecule has 6 heteroatoms. The van der Waals surface area contributed by atoms with E-state index in [0.717, 1.165) is 16.1 Å². The first-order valence-electron chi connectivity index (χ1n) is 5.32. The summed E-state index contributed by atoms with van der Waals surface area (Å²) >= 11 is 10.9. The maximum atomic E-state index is 9.11. The number of halogens is 2. The van der Waals surface area contributed by atoms with Gasteiger partial charge >= 0.3 is 0 Å². The topological polar surface area (TPSA) is 36.4 Å². The zero-order valence-corrected chi connectivity index (χ0v) is 12.9. The van der Waals surface area contributed by atoms with Gasteiger partial charge in [0.2, 0.25) is 0 Å². The van der Waals surface area contributed by atoms with E-state index < -0.39 is 0 Å². The number of anilines is 1. The first-order valence-corrected chi connectivity index (χ1v) is 7.31. The van der Waals surface area contributed by atoms with E-state index in [-0.39, 0.29) is 6.61 Å². The van der Waals surface area contributed by atoms with E-state index >= 15 is 0 Å². The Labute approximate surface area is 123 Å². The van der Waals surface area contributed by atoms with Crippen molar-refractivity contribution in [2.75, 3.05) is 11.9 Å². The molecule has 1 N–H and O–H groups in total. The van der Waals surface area contributed by atoms with Crippen molar-refractivity contribution in [2.24, 2.45) is 0 Å². The number of aromatic nitrogens is 1. The number of benzene rings is 1. The average molecular weight is 348 g/mol. The third-order valence-electron chi connectivity index (χ3n) is 2.47. The molecule has 0 bridgehead atoms. The summed E-state index contributed by atoms with van der Waals surface area (Å²) in [6.07, 6.45) is 0. The van der Waals surface area contributed by atoms with Crippen LogP contribution < -0.4 is 4.90 Å². The lowest BCUT2D eigenvalue weighted by Gasteiger charge is -2.16. The van der Waals surface area contributed by atoms with Crippen molar-refractivity contribution in [3.8, 4) is 0 Å². The zero-order valence-electron chi connectivity index (χ0n) is 9.73. The molecular formula is C12H12BrClN2OS. The van der Waals surface area contributed by atoms with Crippen molar-refractivity contribution in [3.63, 3.8) is 0 Å². The maximum absolute atomic E-state index is 9.11. The molecule has 2 aromatic rings. The molecule has 18 heavy (non-hydrogen) atoms. The van der Waals surface area contributed by atoms with Gasteiger partial charge in [-0.15, -0.1) is 0 Å². The number of rotatable bonds is 4. The van der Waals surface area contributed by atoms with Crippen molar-refractivity contribution in [1.82, 2.24) is 4.98 Å². The van der Waals surface area contributed by atoms with E-state index in [0.29, 0.717) is 10.0 Å². The molecule has 3 nitrogen and oxygen atoms in total. The van der Waals surface area contributed by atoms with Crippen LogP contribution >= 0.6 is 38.9 Å². The van der Waals surface area contributed by atoms with Gasteiger partial charge < -0.3 is 10.0 Å². The van der Waals surface area contributed by atoms with Crippen LogP contribution in [0.1, 0.15) is 10.4 Å². The SMILES string of the molecule is CN(Cc1ccccc1Br)c1nc(Cl)c(CO)s1. The predicted octanol–water partition coefficient (Wildman–Crippen LogP) is 3.69. The maximum Gasteiger partial charge on any atom is 0.187 e. The molecule has 0 spiro atoms. The molecule has 0 radical (unpaired) electrons. The molecule has 1 heterocycles. The molecule has 1 aromatic carbocycles. The van der Waals surface area contributed by atoms with Crippen LogP contribution in [0.2, 0.25) is 5.15 Å². The third-order valence-corrected chi connectivity index (χ3v) is 4.83. The van der Waals surface area contributed by atoms with Gasteiger partial charge in [0.05, 0.1) is 11.5 Å². The highest BCUT2D eigenvalue weighted by Gasteiger charge is 2.12. The largest absolute Gasteiger partial charge is 0.391 e. The summed E-state index contributed by atoms with van der Waals surface area (Å²) in [6.45, 7) is 0.662. The summed E-state index contributed by atoms with van der Waals surface area (Å²) in [5, 5.41) is 10.3. The quantitative estimate of drug-likeness (QED) is 0.916. The van der Waals surface area contributed by atoms with E-state index in [4.69, 9.17) is 16.7 Å². The number of aliphatic hydroxyl groups is 1. The predicted molar refractivity (Wildman–Crippen MR) is 79.3 cm³/mol. The highest BCUT2D eigenvalue weighted by atomic mass is 79.9. The minimum atomic E-state index is -0.0701. The van der Waals surface area contributed by atoms with Gasteiger partial charge in [-0.25, -0.2) is 4.98 Å². The molecule has 1 aromatic heterocycles. The Balaban J connectivity index is 2.16. The van der Waals surface area contributed by atoms with Gasteiger partial charge in [-0.3, -0.25) is 0 Å². The van der Waals surface area contributed by atoms with Crippen LogP contribution in [-0.4, -0.2) is 17.1 Å². The lowest BCUT2D eigenvalue weighted by atomic mass is 10.2. The van der Waals surface area contributed by atoms with Crippen LogP contribution in [0.3, 0.4) is 0 Å². The van der Waals surface area contributed by atoms with Crippen LogP contribution in [0.25, 0.3) is 0 Å². The Morgan fingerprint density at radius 3 is 2.78 bits per heavy atom. The van der Waals surface area contributed by atoms with Crippen LogP contribution in [0, 0.1) is 0 Å². The van der Waals surface area contributed by atoms with Crippen molar-refractivity contribution < 1.29 is 5.11 Å². The summed E-state index contributed by atoms with van der Waals surface area (Å²) in [5.41, 5.74) is 1.18. The van der Waals surface area contributed by atoms with Crippen LogP contribution in [0.15, 0.2) is 28.7 Å². The molecule has 0 unspecified atom stereocenters. The second kappa shape index (κ2) is 6.02. The van der Waals surface area contributed by atoms with E-state index in [1.165, 1.54) is 16.9 Å². The van der Waals surface area contributed by atoms with Gasteiger partial charge in [0.1, 0.15) is 5.15 Å². The Kier molecular flexibility index (Phi) is 4.61. The molecule has 0 saturated carbocycles. The second-order valence-corrected chi connectivity index (χ2v) is 6.09. The van der Waals surface area contributed by atoms with Crippen LogP contribution in [0.5, 0.6) is 0 Å². The number of nitrogens with zero attached hydrogens (tertiary/aromatic N) is 2. The first kappa shape index (κ1) is 13.8. The minimum absolute atomic E-state index is 0.0701. The molecule has 2 rings (SSSR count). The summed E-state index contributed by atoms with van der Waals surface area (Å²) < 4.78 is 1.07. The fourth-order valence-corrected chi connectivity index (χ4v) is 3.02. The van der Waals surface area contributed by atoms with E-state index in [9.17, 15) is 0 Å². The molecule has 0 atom stereocenters. The smallest absolute Gasteiger partial charge is 0.187 e. The third kappa shape index (κ3) is 3.03. The molecule has 0 fully saturated rings. The highest BCUT2D eigenvalue weighted by Crippen LogP contribution is 2.30. The lowest BCUT2D eigenvalue weighted by molar-refractivity contribution is 0.285. The van der Waals surface area contributed by atoms with Crippen molar-refractivity contribution in [2.45, 2.75) is 13.2 Å². The van der Waals surface area contributed by atoms with Gasteiger partial charge in [-0.2, -0.15) is 0 Å². The van der Waals surface area contributed by atoms with Crippen LogP contribution in [0.4, 0.5) is 5.13 Å². The molecule has 0 saturated heterocycles. The fourth-order valence-electron chi connectivity index (χ4n) is 1.53. The van der Waals surface area contributed by atoms with Gasteiger partial charge in [0.15, 0.2) is 5.13 Å². The number of aliphatic hydroxyl groups excluding tert-OH is 1. The van der Waals surface area contributed by atoms with Crippen LogP contribution in [-0.2, 0) is 13.2 Å². The second-order valence-electron chi connectivity index (χ2n) is 3.82. The molecule has 0 amide bonds. The number of hydrogen-bond acceptors (Lipinski definition) is 4. The minimum Gasteiger partial charge on any atom is -0.391 e. The van der Waals surface area contributed by atoms with E-state index in [1.807, 2.05) is 30.1 Å². The Morgan fingerprint density at radius 1 is 1.44 bits per heavy atom. The molecule has 0 aliphatic carbocycles.